The Morgan fingerprint density at radius 3 is 2.62 bits per heavy atom. The molecule has 0 fully saturated rings. The molecule has 0 radical (unpaired) electrons. The fourth-order valence-corrected chi connectivity index (χ4v) is 2.62. The lowest BCUT2D eigenvalue weighted by Crippen LogP contribution is -2.08. The van der Waals surface area contributed by atoms with Crippen LogP contribution < -0.4 is 10.5 Å². The molecule has 0 saturated carbocycles. The summed E-state index contributed by atoms with van der Waals surface area (Å²) in [6.07, 6.45) is 0. The average Bonchev–Trinajstić information content (AvgIpc) is 3.08. The molecule has 5 heteroatoms. The average molecular weight is 297 g/mol. The van der Waals surface area contributed by atoms with Gasteiger partial charge in [0.2, 0.25) is 0 Å². The summed E-state index contributed by atoms with van der Waals surface area (Å²) < 4.78 is 5.70. The Kier molecular flexibility index (Phi) is 4.23. The summed E-state index contributed by atoms with van der Waals surface area (Å²) in [7, 11) is 0. The van der Waals surface area contributed by atoms with E-state index in [1.165, 1.54) is 0 Å². The van der Waals surface area contributed by atoms with Gasteiger partial charge in [-0.1, -0.05) is 24.3 Å². The number of nitrogens with zero attached hydrogens (tertiary/aromatic N) is 2. The molecular formula is C16H15N3OS. The molecule has 1 aromatic carbocycles. The number of hydrogen-bond acceptors (Lipinski definition) is 5. The van der Waals surface area contributed by atoms with Crippen LogP contribution >= 0.6 is 11.3 Å². The Morgan fingerprint density at radius 1 is 1.05 bits per heavy atom. The second kappa shape index (κ2) is 6.47. The lowest BCUT2D eigenvalue weighted by Gasteiger charge is -2.08. The summed E-state index contributed by atoms with van der Waals surface area (Å²) >= 11 is 1.65. The van der Waals surface area contributed by atoms with Crippen molar-refractivity contribution < 1.29 is 4.74 Å². The lowest BCUT2D eigenvalue weighted by molar-refractivity contribution is 0.295. The molecule has 0 saturated heterocycles. The minimum absolute atomic E-state index is 0.330. The maximum atomic E-state index is 5.72. The summed E-state index contributed by atoms with van der Waals surface area (Å²) in [5.41, 5.74) is 7.44. The molecule has 2 aromatic heterocycles. The van der Waals surface area contributed by atoms with Crippen LogP contribution in [0.5, 0.6) is 5.75 Å². The molecule has 3 aromatic rings. The summed E-state index contributed by atoms with van der Waals surface area (Å²) in [5, 5.41) is 2.03. The molecule has 21 heavy (non-hydrogen) atoms. The third-order valence-corrected chi connectivity index (χ3v) is 3.81. The van der Waals surface area contributed by atoms with Gasteiger partial charge >= 0.3 is 0 Å². The highest BCUT2D eigenvalue weighted by Gasteiger charge is 2.07. The fourth-order valence-electron chi connectivity index (χ4n) is 1.94. The zero-order valence-corrected chi connectivity index (χ0v) is 12.2. The molecule has 0 amide bonds. The van der Waals surface area contributed by atoms with Gasteiger partial charge in [0.15, 0.2) is 5.82 Å². The van der Waals surface area contributed by atoms with Gasteiger partial charge in [-0.05, 0) is 29.6 Å². The van der Waals surface area contributed by atoms with Gasteiger partial charge in [0.05, 0.1) is 16.3 Å². The minimum atomic E-state index is 0.330. The van der Waals surface area contributed by atoms with E-state index in [4.69, 9.17) is 10.5 Å². The van der Waals surface area contributed by atoms with Gasteiger partial charge in [-0.2, -0.15) is 0 Å². The molecule has 0 atom stereocenters. The first-order chi connectivity index (χ1) is 10.3. The highest BCUT2D eigenvalue weighted by atomic mass is 32.1. The van der Waals surface area contributed by atoms with Crippen molar-refractivity contribution in [3.63, 3.8) is 0 Å². The smallest absolute Gasteiger partial charge is 0.167 e. The standard InChI is InChI=1S/C16H15N3OS/c17-10-12-9-14(15-7-4-8-21-15)19-16(18-12)11-20-13-5-2-1-3-6-13/h1-9H,10-11,17H2. The molecule has 0 aliphatic rings. The maximum Gasteiger partial charge on any atom is 0.167 e. The number of benzene rings is 1. The van der Waals surface area contributed by atoms with Gasteiger partial charge in [0.1, 0.15) is 12.4 Å². The molecule has 0 spiro atoms. The van der Waals surface area contributed by atoms with Gasteiger partial charge in [-0.15, -0.1) is 11.3 Å². The summed E-state index contributed by atoms with van der Waals surface area (Å²) in [4.78, 5) is 10.1. The zero-order valence-electron chi connectivity index (χ0n) is 11.4. The Balaban J connectivity index is 1.83. The van der Waals surface area contributed by atoms with Crippen LogP contribution in [0.15, 0.2) is 53.9 Å². The highest BCUT2D eigenvalue weighted by Crippen LogP contribution is 2.23. The monoisotopic (exact) mass is 297 g/mol. The van der Waals surface area contributed by atoms with E-state index in [0.717, 1.165) is 22.0 Å². The van der Waals surface area contributed by atoms with Crippen molar-refractivity contribution in [3.05, 3.63) is 65.4 Å². The van der Waals surface area contributed by atoms with E-state index in [2.05, 4.69) is 9.97 Å². The van der Waals surface area contributed by atoms with E-state index in [1.807, 2.05) is 53.9 Å². The first-order valence-electron chi connectivity index (χ1n) is 6.64. The summed E-state index contributed by atoms with van der Waals surface area (Å²) in [5.74, 6) is 1.45. The molecule has 0 aliphatic carbocycles. The molecule has 0 aliphatic heterocycles. The summed E-state index contributed by atoms with van der Waals surface area (Å²) in [6, 6.07) is 15.6. The van der Waals surface area contributed by atoms with E-state index in [0.29, 0.717) is 19.0 Å². The van der Waals surface area contributed by atoms with Crippen LogP contribution in [0.3, 0.4) is 0 Å². The van der Waals surface area contributed by atoms with Crippen LogP contribution in [0.25, 0.3) is 10.6 Å². The Morgan fingerprint density at radius 2 is 1.90 bits per heavy atom. The second-order valence-corrected chi connectivity index (χ2v) is 5.39. The molecule has 0 bridgehead atoms. The lowest BCUT2D eigenvalue weighted by atomic mass is 10.2. The first-order valence-corrected chi connectivity index (χ1v) is 7.52. The third-order valence-electron chi connectivity index (χ3n) is 2.92. The maximum absolute atomic E-state index is 5.72. The number of ether oxygens (including phenoxy) is 1. The zero-order chi connectivity index (χ0) is 14.5. The number of thiophene rings is 1. The molecule has 106 valence electrons. The third kappa shape index (κ3) is 3.45. The van der Waals surface area contributed by atoms with Crippen LogP contribution in [-0.4, -0.2) is 9.97 Å². The van der Waals surface area contributed by atoms with E-state index in [1.54, 1.807) is 11.3 Å². The molecular weight excluding hydrogens is 282 g/mol. The molecule has 0 unspecified atom stereocenters. The first kappa shape index (κ1) is 13.7. The van der Waals surface area contributed by atoms with Crippen molar-refractivity contribution in [2.75, 3.05) is 0 Å². The fraction of sp³-hybridized carbons (Fsp3) is 0.125. The number of hydrogen-bond donors (Lipinski definition) is 1. The summed E-state index contributed by atoms with van der Waals surface area (Å²) in [6.45, 7) is 0.718. The predicted octanol–water partition coefficient (Wildman–Crippen LogP) is 3.24. The number of aromatic nitrogens is 2. The van der Waals surface area contributed by atoms with Crippen molar-refractivity contribution in [2.24, 2.45) is 5.73 Å². The van der Waals surface area contributed by atoms with Crippen LogP contribution in [0.2, 0.25) is 0 Å². The molecule has 2 heterocycles. The number of rotatable bonds is 5. The quantitative estimate of drug-likeness (QED) is 0.785. The van der Waals surface area contributed by atoms with Gasteiger partial charge in [0.25, 0.3) is 0 Å². The van der Waals surface area contributed by atoms with E-state index >= 15 is 0 Å². The SMILES string of the molecule is NCc1cc(-c2cccs2)nc(COc2ccccc2)n1. The van der Waals surface area contributed by atoms with Gasteiger partial charge in [-0.25, -0.2) is 9.97 Å². The molecule has 3 rings (SSSR count). The van der Waals surface area contributed by atoms with E-state index < -0.39 is 0 Å². The van der Waals surface area contributed by atoms with Gasteiger partial charge in [-0.3, -0.25) is 0 Å². The van der Waals surface area contributed by atoms with Crippen molar-refractivity contribution in [1.82, 2.24) is 9.97 Å². The minimum Gasteiger partial charge on any atom is -0.486 e. The Labute approximate surface area is 127 Å². The predicted molar refractivity (Wildman–Crippen MR) is 84.0 cm³/mol. The molecule has 2 N–H and O–H groups in total. The number of para-hydroxylation sites is 1. The van der Waals surface area contributed by atoms with Crippen LogP contribution in [0, 0.1) is 0 Å². The van der Waals surface area contributed by atoms with E-state index in [9.17, 15) is 0 Å². The van der Waals surface area contributed by atoms with Crippen molar-refractivity contribution in [2.45, 2.75) is 13.2 Å². The number of nitrogens with two attached hydrogens (primary N) is 1. The Bertz CT molecular complexity index is 699. The largest absolute Gasteiger partial charge is 0.486 e. The normalized spacial score (nSPS) is 10.5. The van der Waals surface area contributed by atoms with Crippen LogP contribution in [0.1, 0.15) is 11.5 Å². The Hall–Kier alpha value is -2.24. The topological polar surface area (TPSA) is 61.0 Å². The van der Waals surface area contributed by atoms with Crippen LogP contribution in [0.4, 0.5) is 0 Å². The van der Waals surface area contributed by atoms with Crippen LogP contribution in [-0.2, 0) is 13.2 Å². The van der Waals surface area contributed by atoms with Crippen molar-refractivity contribution >= 4 is 11.3 Å². The highest BCUT2D eigenvalue weighted by molar-refractivity contribution is 7.13. The van der Waals surface area contributed by atoms with E-state index in [-0.39, 0.29) is 0 Å². The van der Waals surface area contributed by atoms with Gasteiger partial charge < -0.3 is 10.5 Å². The van der Waals surface area contributed by atoms with Crippen molar-refractivity contribution in [3.8, 4) is 16.3 Å². The second-order valence-electron chi connectivity index (χ2n) is 4.44. The van der Waals surface area contributed by atoms with Crippen molar-refractivity contribution in [1.29, 1.82) is 0 Å². The van der Waals surface area contributed by atoms with Gasteiger partial charge in [0, 0.05) is 6.54 Å². The molecule has 4 nitrogen and oxygen atoms in total.